The fraction of sp³-hybridized carbons (Fsp3) is 0.833. The smallest absolute Gasteiger partial charge is 0.193 e. The molecule has 0 heterocycles. The quantitative estimate of drug-likeness (QED) is 0.115. The first kappa shape index (κ1) is 47.1. The lowest BCUT2D eigenvalue weighted by Gasteiger charge is -2.59. The Hall–Kier alpha value is -0.549. The summed E-state index contributed by atoms with van der Waals surface area (Å²) < 4.78 is 28.9. The molecule has 7 heteroatoms. The third kappa shape index (κ3) is 8.99. The molecule has 4 aliphatic rings. The topological polar surface area (TPSA) is 36.9 Å². The number of rotatable bonds is 16. The Labute approximate surface area is 344 Å². The maximum absolute atomic E-state index is 7.61. The van der Waals surface area contributed by atoms with Crippen molar-refractivity contribution in [3.05, 3.63) is 47.1 Å². The molecule has 0 aromatic carbocycles. The van der Waals surface area contributed by atoms with Crippen LogP contribution in [0.1, 0.15) is 149 Å². The molecule has 316 valence electrons. The highest BCUT2D eigenvalue weighted by atomic mass is 28.4. The summed E-state index contributed by atoms with van der Waals surface area (Å²) >= 11 is 0. The Balaban J connectivity index is 1.60. The third-order valence-corrected chi connectivity index (χ3v) is 30.6. The second kappa shape index (κ2) is 16.5. The Morgan fingerprint density at radius 3 is 1.87 bits per heavy atom. The van der Waals surface area contributed by atoms with Crippen molar-refractivity contribution in [2.24, 2.45) is 22.7 Å². The van der Waals surface area contributed by atoms with Crippen molar-refractivity contribution in [1.82, 2.24) is 0 Å². The molecule has 0 spiro atoms. The molecule has 0 aromatic rings. The van der Waals surface area contributed by atoms with Gasteiger partial charge in [0.05, 0.1) is 30.0 Å². The average Bonchev–Trinajstić information content (AvgIpc) is 3.46. The molecular weight excluding hydrogens is 725 g/mol. The summed E-state index contributed by atoms with van der Waals surface area (Å²) in [6, 6.07) is 3.53. The third-order valence-electron chi connectivity index (χ3n) is 16.9. The van der Waals surface area contributed by atoms with Crippen LogP contribution in [-0.2, 0) is 18.0 Å². The molecule has 0 amide bonds. The van der Waals surface area contributed by atoms with Gasteiger partial charge in [0, 0.05) is 5.41 Å². The van der Waals surface area contributed by atoms with Gasteiger partial charge in [0.25, 0.3) is 0 Å². The van der Waals surface area contributed by atoms with Gasteiger partial charge in [0.15, 0.2) is 25.0 Å². The van der Waals surface area contributed by atoms with E-state index in [0.717, 1.165) is 32.1 Å². The second-order valence-electron chi connectivity index (χ2n) is 22.2. The summed E-state index contributed by atoms with van der Waals surface area (Å²) in [4.78, 5) is 0. The first-order valence-electron chi connectivity index (χ1n) is 22.7. The standard InChI is InChI=1S/C48H88O4Si3/c1-20-48(21-2,52-55(22-3,23-4)24-5)31-25-33-49-45(12,13)41-29-28-39-38-27-26-36-34-37(50-53(16,17)43(6,7)8)35-42(51-54(18,19)44(9,10)11)47(36,15)40(38)30-32-46(39,41)14/h25-27,29,31,37,39-40,42H,20-24,28,30,32-35H2,1-19H3/b31-25-/t37-,39+,40+,42+,46+,47+/m1/s1. The van der Waals surface area contributed by atoms with Gasteiger partial charge in [-0.1, -0.05) is 132 Å². The highest BCUT2D eigenvalue weighted by Gasteiger charge is 2.60. The molecule has 0 aliphatic heterocycles. The van der Waals surface area contributed by atoms with Crippen LogP contribution in [0.15, 0.2) is 47.1 Å². The fourth-order valence-corrected chi connectivity index (χ4v) is 16.5. The van der Waals surface area contributed by atoms with E-state index in [1.54, 1.807) is 11.1 Å². The van der Waals surface area contributed by atoms with Crippen molar-refractivity contribution in [2.45, 2.75) is 227 Å². The Bertz CT molecular complexity index is 1460. The van der Waals surface area contributed by atoms with Gasteiger partial charge in [-0.15, -0.1) is 0 Å². The van der Waals surface area contributed by atoms with E-state index in [9.17, 15) is 0 Å². The van der Waals surface area contributed by atoms with E-state index in [1.807, 2.05) is 0 Å². The number of hydrogen-bond acceptors (Lipinski definition) is 4. The van der Waals surface area contributed by atoms with Crippen LogP contribution < -0.4 is 0 Å². The summed E-state index contributed by atoms with van der Waals surface area (Å²) in [6.45, 7) is 46.0. The van der Waals surface area contributed by atoms with Gasteiger partial charge < -0.3 is 18.0 Å². The first-order valence-corrected chi connectivity index (χ1v) is 31.0. The monoisotopic (exact) mass is 813 g/mol. The molecule has 55 heavy (non-hydrogen) atoms. The summed E-state index contributed by atoms with van der Waals surface area (Å²) in [5.74, 6) is 0.996. The van der Waals surface area contributed by atoms with Crippen molar-refractivity contribution >= 4 is 25.0 Å². The molecule has 0 unspecified atom stereocenters. The molecule has 6 atom stereocenters. The van der Waals surface area contributed by atoms with E-state index < -0.39 is 25.0 Å². The molecule has 2 fully saturated rings. The molecule has 0 saturated heterocycles. The summed E-state index contributed by atoms with van der Waals surface area (Å²) in [6.07, 6.45) is 20.2. The number of allylic oxidation sites excluding steroid dienone is 4. The van der Waals surface area contributed by atoms with Gasteiger partial charge >= 0.3 is 0 Å². The molecular formula is C48H88O4Si3. The summed E-state index contributed by atoms with van der Waals surface area (Å²) in [5.41, 5.74) is 4.27. The van der Waals surface area contributed by atoms with Crippen molar-refractivity contribution in [1.29, 1.82) is 0 Å². The SMILES string of the molecule is CCC(/C=C\COC(C)(C)C1=CC[C@H]2C3=CC=C4C[C@@H](O[Si](C)(C)C(C)(C)C)C[C@H](O[Si](C)(C)C(C)(C)C)[C@]4(C)[C@H]3CC[C@]12C)(CC)O[Si](CC)(CC)CC. The Morgan fingerprint density at radius 1 is 0.782 bits per heavy atom. The minimum Gasteiger partial charge on any atom is -0.414 e. The second-order valence-corrected chi connectivity index (χ2v) is 36.4. The average molecular weight is 813 g/mol. The molecule has 0 N–H and O–H groups in total. The summed E-state index contributed by atoms with van der Waals surface area (Å²) in [7, 11) is -5.74. The van der Waals surface area contributed by atoms with E-state index in [-0.39, 0.29) is 44.3 Å². The molecule has 4 aliphatic carbocycles. The summed E-state index contributed by atoms with van der Waals surface area (Å²) in [5, 5.41) is 0.334. The predicted molar refractivity (Wildman–Crippen MR) is 245 cm³/mol. The van der Waals surface area contributed by atoms with E-state index in [2.05, 4.69) is 160 Å². The lowest BCUT2D eigenvalue weighted by Crippen LogP contribution is -2.58. The van der Waals surface area contributed by atoms with Gasteiger partial charge in [-0.25, -0.2) is 0 Å². The fourth-order valence-electron chi connectivity index (χ4n) is 10.6. The van der Waals surface area contributed by atoms with Crippen LogP contribution in [0.4, 0.5) is 0 Å². The van der Waals surface area contributed by atoms with E-state index in [1.165, 1.54) is 36.5 Å². The maximum Gasteiger partial charge on any atom is 0.193 e. The number of ether oxygens (including phenoxy) is 1. The molecule has 4 nitrogen and oxygen atoms in total. The Morgan fingerprint density at radius 2 is 1.35 bits per heavy atom. The van der Waals surface area contributed by atoms with Crippen LogP contribution in [0, 0.1) is 22.7 Å². The van der Waals surface area contributed by atoms with Gasteiger partial charge in [-0.3, -0.25) is 0 Å². The zero-order valence-electron chi connectivity index (χ0n) is 39.6. The predicted octanol–water partition coefficient (Wildman–Crippen LogP) is 14.7. The number of hydrogen-bond donors (Lipinski definition) is 0. The van der Waals surface area contributed by atoms with Crippen LogP contribution in [0.5, 0.6) is 0 Å². The van der Waals surface area contributed by atoms with Gasteiger partial charge in [0.1, 0.15) is 0 Å². The lowest BCUT2D eigenvalue weighted by atomic mass is 9.49. The van der Waals surface area contributed by atoms with E-state index in [4.69, 9.17) is 18.0 Å². The van der Waals surface area contributed by atoms with Crippen LogP contribution in [-0.4, -0.2) is 55.0 Å². The van der Waals surface area contributed by atoms with E-state index >= 15 is 0 Å². The number of fused-ring (bicyclic) bond motifs is 5. The van der Waals surface area contributed by atoms with Crippen molar-refractivity contribution in [3.8, 4) is 0 Å². The molecule has 0 bridgehead atoms. The minimum absolute atomic E-state index is 0.0192. The van der Waals surface area contributed by atoms with Crippen LogP contribution in [0.25, 0.3) is 0 Å². The van der Waals surface area contributed by atoms with Gasteiger partial charge in [0.2, 0.25) is 0 Å². The van der Waals surface area contributed by atoms with Gasteiger partial charge in [-0.05, 0) is 136 Å². The van der Waals surface area contributed by atoms with Crippen molar-refractivity contribution in [2.75, 3.05) is 6.61 Å². The minimum atomic E-state index is -2.05. The molecule has 0 radical (unpaired) electrons. The molecule has 2 saturated carbocycles. The lowest BCUT2D eigenvalue weighted by molar-refractivity contribution is -0.0431. The van der Waals surface area contributed by atoms with E-state index in [0.29, 0.717) is 18.4 Å². The first-order chi connectivity index (χ1) is 25.2. The Kier molecular flexibility index (Phi) is 14.1. The largest absolute Gasteiger partial charge is 0.414 e. The maximum atomic E-state index is 7.61. The van der Waals surface area contributed by atoms with Crippen molar-refractivity contribution in [3.63, 3.8) is 0 Å². The highest BCUT2D eigenvalue weighted by Crippen LogP contribution is 2.66. The zero-order valence-corrected chi connectivity index (χ0v) is 42.6. The van der Waals surface area contributed by atoms with Crippen molar-refractivity contribution < 1.29 is 18.0 Å². The van der Waals surface area contributed by atoms with Crippen LogP contribution >= 0.6 is 0 Å². The zero-order chi connectivity index (χ0) is 41.7. The van der Waals surface area contributed by atoms with Gasteiger partial charge in [-0.2, -0.15) is 0 Å². The van der Waals surface area contributed by atoms with Crippen LogP contribution in [0.3, 0.4) is 0 Å². The highest BCUT2D eigenvalue weighted by molar-refractivity contribution is 6.74. The van der Waals surface area contributed by atoms with Crippen LogP contribution in [0.2, 0.25) is 54.4 Å². The molecule has 0 aromatic heterocycles. The molecule has 4 rings (SSSR count). The normalized spacial score (nSPS) is 29.8.